The van der Waals surface area contributed by atoms with E-state index in [0.717, 1.165) is 25.9 Å². The van der Waals surface area contributed by atoms with Crippen LogP contribution in [0.5, 0.6) is 0 Å². The van der Waals surface area contributed by atoms with Crippen LogP contribution in [0.3, 0.4) is 0 Å². The van der Waals surface area contributed by atoms with Gasteiger partial charge in [-0.05, 0) is 68.0 Å². The number of benzene rings is 2. The molecule has 0 saturated carbocycles. The van der Waals surface area contributed by atoms with Crippen LogP contribution in [0, 0.1) is 5.95 Å². The molecule has 0 atom stereocenters. The van der Waals surface area contributed by atoms with Crippen molar-refractivity contribution in [1.29, 1.82) is 0 Å². The lowest BCUT2D eigenvalue weighted by atomic mass is 10.1. The van der Waals surface area contributed by atoms with Crippen LogP contribution in [0.15, 0.2) is 58.6 Å². The maximum atomic E-state index is 14.3. The molecule has 1 fully saturated rings. The van der Waals surface area contributed by atoms with E-state index in [9.17, 15) is 18.4 Å². The van der Waals surface area contributed by atoms with Gasteiger partial charge < -0.3 is 4.74 Å². The lowest BCUT2D eigenvalue weighted by Gasteiger charge is -2.16. The second-order valence-corrected chi connectivity index (χ2v) is 10.1. The van der Waals surface area contributed by atoms with Crippen molar-refractivity contribution in [1.82, 2.24) is 20.2 Å². The van der Waals surface area contributed by atoms with Gasteiger partial charge in [0.1, 0.15) is 11.1 Å². The predicted octanol–water partition coefficient (Wildman–Crippen LogP) is 7.19. The molecule has 5 rings (SSSR count). The number of carbonyl (C=O) groups excluding carboxylic acids is 1. The molecule has 224 valence electrons. The highest BCUT2D eigenvalue weighted by molar-refractivity contribution is 6.37. The minimum Gasteiger partial charge on any atom is -0.462 e. The Kier molecular flexibility index (Phi) is 14.6. The first-order valence-corrected chi connectivity index (χ1v) is 14.1. The van der Waals surface area contributed by atoms with Crippen molar-refractivity contribution < 1.29 is 18.3 Å². The maximum Gasteiger partial charge on any atom is 0.342 e. The van der Waals surface area contributed by atoms with Crippen molar-refractivity contribution in [3.8, 4) is 11.1 Å². The Morgan fingerprint density at radius 1 is 0.902 bits per heavy atom. The molecule has 0 bridgehead atoms. The number of fused-ring (bicyclic) bond motifs is 1. The van der Waals surface area contributed by atoms with E-state index in [1.807, 2.05) is 0 Å². The number of rotatable bonds is 4. The quantitative estimate of drug-likeness (QED) is 0.235. The second kappa shape index (κ2) is 17.3. The van der Waals surface area contributed by atoms with E-state index in [4.69, 9.17) is 39.5 Å². The van der Waals surface area contributed by atoms with Crippen LogP contribution in [-0.2, 0) is 22.6 Å². The second-order valence-electron chi connectivity index (χ2n) is 8.85. The van der Waals surface area contributed by atoms with Crippen molar-refractivity contribution >= 4 is 46.3 Å². The van der Waals surface area contributed by atoms with Crippen molar-refractivity contribution in [2.24, 2.45) is 0 Å². The molecular formula is C29H35Cl3F2N4O3. The summed E-state index contributed by atoms with van der Waals surface area (Å²) >= 11 is 16.7. The zero-order valence-corrected chi connectivity index (χ0v) is 24.3. The highest BCUT2D eigenvalue weighted by Gasteiger charge is 2.23. The fraction of sp³-hybridized carbons (Fsp3) is 0.379. The van der Waals surface area contributed by atoms with Crippen LogP contribution in [-0.4, -0.2) is 35.0 Å². The van der Waals surface area contributed by atoms with E-state index in [-0.39, 0.29) is 30.7 Å². The summed E-state index contributed by atoms with van der Waals surface area (Å²) in [6, 6.07) is 12.7. The number of ether oxygens (including phenoxy) is 1. The molecule has 1 saturated heterocycles. The van der Waals surface area contributed by atoms with E-state index >= 15 is 0 Å². The number of carbonyl (C=O) groups is 1. The van der Waals surface area contributed by atoms with Gasteiger partial charge in [-0.2, -0.15) is 8.78 Å². The number of hydrogen-bond donors (Lipinski definition) is 2. The summed E-state index contributed by atoms with van der Waals surface area (Å²) in [6.45, 7) is 5.21. The van der Waals surface area contributed by atoms with Crippen molar-refractivity contribution in [2.45, 2.75) is 53.1 Å². The summed E-state index contributed by atoms with van der Waals surface area (Å²) in [4.78, 5) is 23.6. The van der Waals surface area contributed by atoms with Crippen molar-refractivity contribution in [3.63, 3.8) is 0 Å². The van der Waals surface area contributed by atoms with Gasteiger partial charge in [0.25, 0.3) is 5.56 Å². The minimum atomic E-state index is -1.10. The zero-order chi connectivity index (χ0) is 29.1. The maximum absolute atomic E-state index is 14.3. The lowest BCUT2D eigenvalue weighted by Crippen LogP contribution is -2.37. The Hall–Kier alpha value is -2.69. The normalized spacial score (nSPS) is 14.6. The molecule has 0 spiro atoms. The van der Waals surface area contributed by atoms with E-state index in [2.05, 4.69) is 10.9 Å². The first-order valence-electron chi connectivity index (χ1n) is 12.9. The average Bonchev–Trinajstić information content (AvgIpc) is 3.22. The highest BCUT2D eigenvalue weighted by Crippen LogP contribution is 2.26. The molecule has 0 radical (unpaired) electrons. The molecule has 12 heteroatoms. The Bertz CT molecular complexity index is 1340. The summed E-state index contributed by atoms with van der Waals surface area (Å²) < 4.78 is 34.9. The van der Waals surface area contributed by atoms with E-state index in [1.54, 1.807) is 31.2 Å². The number of aromatic nitrogens is 2. The molecule has 3 aromatic rings. The van der Waals surface area contributed by atoms with Crippen LogP contribution in [0.1, 0.15) is 45.6 Å². The summed E-state index contributed by atoms with van der Waals surface area (Å²) in [6.07, 6.45) is 4.48. The molecule has 0 amide bonds. The van der Waals surface area contributed by atoms with Gasteiger partial charge >= 0.3 is 5.97 Å². The first-order chi connectivity index (χ1) is 19.2. The lowest BCUT2D eigenvalue weighted by molar-refractivity contribution is -0.136. The van der Waals surface area contributed by atoms with Crippen LogP contribution in [0.2, 0.25) is 10.0 Å². The fourth-order valence-corrected chi connectivity index (χ4v) is 4.55. The largest absolute Gasteiger partial charge is 0.462 e. The third-order valence-corrected chi connectivity index (χ3v) is 6.77. The van der Waals surface area contributed by atoms with Crippen molar-refractivity contribution in [2.75, 3.05) is 19.7 Å². The van der Waals surface area contributed by atoms with Gasteiger partial charge in [-0.25, -0.2) is 9.48 Å². The third kappa shape index (κ3) is 9.68. The molecule has 0 aliphatic carbocycles. The first kappa shape index (κ1) is 34.5. The summed E-state index contributed by atoms with van der Waals surface area (Å²) in [5.41, 5.74) is 6.58. The van der Waals surface area contributed by atoms with Gasteiger partial charge in [-0.3, -0.25) is 20.3 Å². The van der Waals surface area contributed by atoms with Crippen molar-refractivity contribution in [3.05, 3.63) is 85.7 Å². The molecular weight excluding hydrogens is 597 g/mol. The molecule has 0 unspecified atom stereocenters. The van der Waals surface area contributed by atoms with Crippen LogP contribution in [0.25, 0.3) is 16.7 Å². The topological polar surface area (TPSA) is 77.3 Å². The Balaban J connectivity index is 0.000000235. The molecule has 3 heterocycles. The van der Waals surface area contributed by atoms with Gasteiger partial charge in [0, 0.05) is 36.2 Å². The number of halogens is 5. The summed E-state index contributed by atoms with van der Waals surface area (Å²) in [5, 5.41) is -0.0362. The Morgan fingerprint density at radius 2 is 1.41 bits per heavy atom. The number of nitrogens with one attached hydrogen (secondary N) is 2. The summed E-state index contributed by atoms with van der Waals surface area (Å²) in [7, 11) is 0. The monoisotopic (exact) mass is 630 g/mol. The Labute approximate surface area is 254 Å². The molecule has 2 aliphatic rings. The number of nitrogens with zero attached hydrogens (tertiary/aromatic N) is 2. The Morgan fingerprint density at radius 3 is 1.85 bits per heavy atom. The van der Waals surface area contributed by atoms with Crippen LogP contribution in [0.4, 0.5) is 8.78 Å². The number of hydrazine groups is 1. The molecule has 2 aromatic carbocycles. The van der Waals surface area contributed by atoms with Gasteiger partial charge in [0.2, 0.25) is 11.2 Å². The SMILES string of the molecule is C.C1CCNNC1.CCOC(=O)C(=C(F)Cl)c1ccc(Cl)cc1.O=c1c(-c2ccc(Cl)cc2)c(F)n2n1CCCC2. The van der Waals surface area contributed by atoms with E-state index < -0.39 is 17.2 Å². The fourth-order valence-electron chi connectivity index (χ4n) is 4.11. The molecule has 2 aliphatic heterocycles. The predicted molar refractivity (Wildman–Crippen MR) is 162 cm³/mol. The third-order valence-electron chi connectivity index (χ3n) is 6.08. The molecule has 1 aromatic heterocycles. The standard InChI is InChI=1S/C13H12ClFN2O.C11H9Cl2FO2.C4H10N2.CH4/c14-10-5-3-9(4-6-10)11-12(15)16-7-1-2-8-17(16)13(11)18;1-2-16-11(15)9(10(13)14)7-3-5-8(12)6-4-7;1-2-4-6-5-3-1;/h3-6H,1-2,7-8H2;3-6H,2H2,1H3;5-6H,1-4H2;1H4. The molecule has 2 N–H and O–H groups in total. The van der Waals surface area contributed by atoms with Crippen LogP contribution >= 0.6 is 34.8 Å². The van der Waals surface area contributed by atoms with E-state index in [1.165, 1.54) is 46.5 Å². The van der Waals surface area contributed by atoms with Gasteiger partial charge in [0.15, 0.2) is 0 Å². The van der Waals surface area contributed by atoms with Crippen LogP contribution < -0.4 is 16.4 Å². The molecule has 41 heavy (non-hydrogen) atoms. The zero-order valence-electron chi connectivity index (χ0n) is 22.0. The average molecular weight is 632 g/mol. The van der Waals surface area contributed by atoms with Gasteiger partial charge in [-0.1, -0.05) is 66.5 Å². The van der Waals surface area contributed by atoms with Gasteiger partial charge in [-0.15, -0.1) is 0 Å². The highest BCUT2D eigenvalue weighted by atomic mass is 35.5. The molecule has 7 nitrogen and oxygen atoms in total. The smallest absolute Gasteiger partial charge is 0.342 e. The van der Waals surface area contributed by atoms with Gasteiger partial charge in [0.05, 0.1) is 6.61 Å². The summed E-state index contributed by atoms with van der Waals surface area (Å²) in [5.74, 6) is -1.24. The number of hydrogen-bond acceptors (Lipinski definition) is 5. The number of esters is 1. The van der Waals surface area contributed by atoms with E-state index in [0.29, 0.717) is 34.3 Å². The minimum absolute atomic E-state index is 0.